The number of rotatable bonds is 3. The number of aliphatic hydroxyl groups is 1. The molecule has 1 aliphatic heterocycles. The average Bonchev–Trinajstić information content (AvgIpc) is 2.64. The minimum atomic E-state index is -0.457. The summed E-state index contributed by atoms with van der Waals surface area (Å²) >= 11 is 0. The fourth-order valence-corrected chi connectivity index (χ4v) is 2.24. The van der Waals surface area contributed by atoms with Crippen LogP contribution < -0.4 is 10.6 Å². The molecule has 1 fully saturated rings. The van der Waals surface area contributed by atoms with Gasteiger partial charge in [0.2, 0.25) is 5.91 Å². The van der Waals surface area contributed by atoms with Crippen LogP contribution in [0.1, 0.15) is 23.4 Å². The molecule has 0 radical (unpaired) electrons. The molecule has 0 saturated carbocycles. The molecule has 1 aromatic heterocycles. The Morgan fingerprint density at radius 2 is 2.33 bits per heavy atom. The van der Waals surface area contributed by atoms with E-state index in [1.807, 2.05) is 13.8 Å². The molecular weight excluding hydrogens is 232 g/mol. The summed E-state index contributed by atoms with van der Waals surface area (Å²) in [4.78, 5) is 11.9. The molecule has 0 aliphatic carbocycles. The van der Waals surface area contributed by atoms with Crippen molar-refractivity contribution in [2.24, 2.45) is 0 Å². The van der Waals surface area contributed by atoms with Gasteiger partial charge in [0.15, 0.2) is 0 Å². The number of H-pyrrole nitrogens is 1. The Hall–Kier alpha value is -1.40. The van der Waals surface area contributed by atoms with Crippen LogP contribution in [0, 0.1) is 13.8 Å². The summed E-state index contributed by atoms with van der Waals surface area (Å²) in [7, 11) is 0. The number of aliphatic hydroxyl groups excluding tert-OH is 1. The van der Waals surface area contributed by atoms with Crippen molar-refractivity contribution in [1.29, 1.82) is 0 Å². The number of hydrogen-bond donors (Lipinski definition) is 4. The predicted octanol–water partition coefficient (Wildman–Crippen LogP) is -0.592. The smallest absolute Gasteiger partial charge is 0.224 e. The second kappa shape index (κ2) is 5.49. The second-order valence-electron chi connectivity index (χ2n) is 4.82. The van der Waals surface area contributed by atoms with E-state index in [0.29, 0.717) is 19.4 Å². The van der Waals surface area contributed by atoms with Crippen molar-refractivity contribution in [1.82, 2.24) is 20.8 Å². The maximum atomic E-state index is 11.9. The van der Waals surface area contributed by atoms with Gasteiger partial charge in [-0.2, -0.15) is 5.10 Å². The summed E-state index contributed by atoms with van der Waals surface area (Å²) < 4.78 is 0. The van der Waals surface area contributed by atoms with Crippen LogP contribution in [-0.4, -0.2) is 46.4 Å². The van der Waals surface area contributed by atoms with E-state index in [1.54, 1.807) is 0 Å². The molecule has 1 saturated heterocycles. The molecule has 2 rings (SSSR count). The fourth-order valence-electron chi connectivity index (χ4n) is 2.24. The minimum Gasteiger partial charge on any atom is -0.391 e. The van der Waals surface area contributed by atoms with Crippen molar-refractivity contribution in [2.75, 3.05) is 13.1 Å². The van der Waals surface area contributed by atoms with Crippen molar-refractivity contribution >= 4 is 5.91 Å². The molecule has 6 heteroatoms. The average molecular weight is 252 g/mol. The van der Waals surface area contributed by atoms with Gasteiger partial charge in [-0.3, -0.25) is 9.89 Å². The maximum absolute atomic E-state index is 11.9. The van der Waals surface area contributed by atoms with Crippen LogP contribution in [0.3, 0.4) is 0 Å². The van der Waals surface area contributed by atoms with Crippen LogP contribution >= 0.6 is 0 Å². The number of nitrogens with zero attached hydrogens (tertiary/aromatic N) is 1. The largest absolute Gasteiger partial charge is 0.391 e. The van der Waals surface area contributed by atoms with Crippen LogP contribution in [0.4, 0.5) is 0 Å². The highest BCUT2D eigenvalue weighted by atomic mass is 16.3. The highest BCUT2D eigenvalue weighted by Crippen LogP contribution is 2.10. The zero-order valence-electron chi connectivity index (χ0n) is 10.8. The Kier molecular flexibility index (Phi) is 3.98. The fraction of sp³-hybridized carbons (Fsp3) is 0.667. The SMILES string of the molecule is Cc1n[nH]c(C)c1CC(=O)N[C@H]1CNCC[C@H]1O. The van der Waals surface area contributed by atoms with E-state index in [4.69, 9.17) is 0 Å². The van der Waals surface area contributed by atoms with Crippen molar-refractivity contribution in [3.63, 3.8) is 0 Å². The molecule has 2 atom stereocenters. The number of carbonyl (C=O) groups is 1. The number of piperidine rings is 1. The van der Waals surface area contributed by atoms with E-state index < -0.39 is 6.10 Å². The van der Waals surface area contributed by atoms with E-state index in [-0.39, 0.29) is 11.9 Å². The number of hydrogen-bond acceptors (Lipinski definition) is 4. The molecular formula is C12H20N4O2. The zero-order chi connectivity index (χ0) is 13.1. The second-order valence-corrected chi connectivity index (χ2v) is 4.82. The first-order chi connectivity index (χ1) is 8.58. The van der Waals surface area contributed by atoms with Crippen LogP contribution in [0.2, 0.25) is 0 Å². The summed E-state index contributed by atoms with van der Waals surface area (Å²) in [6, 6.07) is -0.196. The minimum absolute atomic E-state index is 0.0737. The van der Waals surface area contributed by atoms with Crippen molar-refractivity contribution < 1.29 is 9.90 Å². The Balaban J connectivity index is 1.92. The van der Waals surface area contributed by atoms with Gasteiger partial charge in [0.1, 0.15) is 0 Å². The Bertz CT molecular complexity index is 410. The molecule has 18 heavy (non-hydrogen) atoms. The molecule has 1 aromatic rings. The van der Waals surface area contributed by atoms with Gasteiger partial charge in [0, 0.05) is 17.8 Å². The number of aryl methyl sites for hydroxylation is 2. The van der Waals surface area contributed by atoms with Gasteiger partial charge in [0.05, 0.1) is 24.3 Å². The highest BCUT2D eigenvalue weighted by Gasteiger charge is 2.24. The molecule has 100 valence electrons. The summed E-state index contributed by atoms with van der Waals surface area (Å²) in [5.74, 6) is -0.0737. The lowest BCUT2D eigenvalue weighted by Crippen LogP contribution is -2.54. The van der Waals surface area contributed by atoms with Gasteiger partial charge in [-0.25, -0.2) is 0 Å². The van der Waals surface area contributed by atoms with Gasteiger partial charge in [-0.1, -0.05) is 0 Å². The van der Waals surface area contributed by atoms with Gasteiger partial charge in [0.25, 0.3) is 0 Å². The van der Waals surface area contributed by atoms with Crippen LogP contribution in [0.5, 0.6) is 0 Å². The lowest BCUT2D eigenvalue weighted by molar-refractivity contribution is -0.122. The van der Waals surface area contributed by atoms with E-state index in [1.165, 1.54) is 0 Å². The van der Waals surface area contributed by atoms with Crippen LogP contribution in [-0.2, 0) is 11.2 Å². The van der Waals surface area contributed by atoms with Gasteiger partial charge in [-0.05, 0) is 26.8 Å². The van der Waals surface area contributed by atoms with Crippen molar-refractivity contribution in [2.45, 2.75) is 38.8 Å². The number of amides is 1. The molecule has 0 unspecified atom stereocenters. The standard InChI is InChI=1S/C12H20N4O2/c1-7-9(8(2)16-15-7)5-12(18)14-10-6-13-4-3-11(10)17/h10-11,13,17H,3-6H2,1-2H3,(H,14,18)(H,15,16)/t10-,11+/m0/s1. The molecule has 4 N–H and O–H groups in total. The molecule has 1 amide bonds. The van der Waals surface area contributed by atoms with Gasteiger partial charge >= 0.3 is 0 Å². The zero-order valence-corrected chi connectivity index (χ0v) is 10.8. The Morgan fingerprint density at radius 1 is 1.56 bits per heavy atom. The highest BCUT2D eigenvalue weighted by molar-refractivity contribution is 5.79. The van der Waals surface area contributed by atoms with Crippen molar-refractivity contribution in [3.8, 4) is 0 Å². The molecule has 2 heterocycles. The number of aromatic nitrogens is 2. The first-order valence-corrected chi connectivity index (χ1v) is 6.26. The van der Waals surface area contributed by atoms with E-state index in [9.17, 15) is 9.90 Å². The summed E-state index contributed by atoms with van der Waals surface area (Å²) in [5.41, 5.74) is 2.71. The monoisotopic (exact) mass is 252 g/mol. The topological polar surface area (TPSA) is 90.0 Å². The van der Waals surface area contributed by atoms with Gasteiger partial charge in [-0.15, -0.1) is 0 Å². The lowest BCUT2D eigenvalue weighted by Gasteiger charge is -2.29. The summed E-state index contributed by atoms with van der Waals surface area (Å²) in [6.07, 6.45) is 0.522. The van der Waals surface area contributed by atoms with Gasteiger partial charge < -0.3 is 15.7 Å². The quantitative estimate of drug-likeness (QED) is 0.579. The number of carbonyl (C=O) groups excluding carboxylic acids is 1. The molecule has 1 aliphatic rings. The molecule has 0 aromatic carbocycles. The van der Waals surface area contributed by atoms with Crippen molar-refractivity contribution in [3.05, 3.63) is 17.0 Å². The third-order valence-electron chi connectivity index (χ3n) is 3.41. The van der Waals surface area contributed by atoms with E-state index >= 15 is 0 Å². The third-order valence-corrected chi connectivity index (χ3v) is 3.41. The molecule has 0 bridgehead atoms. The summed E-state index contributed by atoms with van der Waals surface area (Å²) in [6.45, 7) is 5.20. The molecule has 0 spiro atoms. The van der Waals surface area contributed by atoms with E-state index in [0.717, 1.165) is 23.5 Å². The third kappa shape index (κ3) is 2.88. The lowest BCUT2D eigenvalue weighted by atomic mass is 10.0. The number of nitrogens with one attached hydrogen (secondary N) is 3. The summed E-state index contributed by atoms with van der Waals surface area (Å²) in [5, 5.41) is 22.7. The first-order valence-electron chi connectivity index (χ1n) is 6.26. The Labute approximate surface area is 106 Å². The van der Waals surface area contributed by atoms with E-state index in [2.05, 4.69) is 20.8 Å². The van der Waals surface area contributed by atoms with Crippen LogP contribution in [0.15, 0.2) is 0 Å². The predicted molar refractivity (Wildman–Crippen MR) is 67.2 cm³/mol. The maximum Gasteiger partial charge on any atom is 0.224 e. The van der Waals surface area contributed by atoms with Crippen LogP contribution in [0.25, 0.3) is 0 Å². The normalized spacial score (nSPS) is 23.9. The number of aromatic amines is 1. The Morgan fingerprint density at radius 3 is 2.94 bits per heavy atom. The first kappa shape index (κ1) is 13.0. The molecule has 6 nitrogen and oxygen atoms in total.